The normalized spacial score (nSPS) is 19.7. The first-order chi connectivity index (χ1) is 8.61. The summed E-state index contributed by atoms with van der Waals surface area (Å²) in [5, 5.41) is 10.7. The van der Waals surface area contributed by atoms with Crippen LogP contribution in [0.5, 0.6) is 0 Å². The number of nitrogens with zero attached hydrogens (tertiary/aromatic N) is 2. The Kier molecular flexibility index (Phi) is 3.74. The molecular formula is C12H21N5O. The summed E-state index contributed by atoms with van der Waals surface area (Å²) in [6, 6.07) is 0.231. The number of rotatable bonds is 4. The average molecular weight is 251 g/mol. The maximum absolute atomic E-state index is 11.1. The molecule has 1 aromatic rings. The van der Waals surface area contributed by atoms with Crippen LogP contribution in [0.25, 0.3) is 0 Å². The summed E-state index contributed by atoms with van der Waals surface area (Å²) in [6.07, 6.45) is 3.32. The Hall–Kier alpha value is -1.72. The third-order valence-corrected chi connectivity index (χ3v) is 3.25. The van der Waals surface area contributed by atoms with E-state index in [-0.39, 0.29) is 11.9 Å². The van der Waals surface area contributed by atoms with E-state index in [0.717, 1.165) is 36.5 Å². The summed E-state index contributed by atoms with van der Waals surface area (Å²) in [6.45, 7) is 2.75. The molecule has 1 aliphatic heterocycles. The summed E-state index contributed by atoms with van der Waals surface area (Å²) in [4.78, 5) is 11.1. The van der Waals surface area contributed by atoms with E-state index in [1.54, 1.807) is 4.68 Å². The number of nitrogen functional groups attached to an aromatic ring is 1. The summed E-state index contributed by atoms with van der Waals surface area (Å²) >= 11 is 0. The van der Waals surface area contributed by atoms with E-state index in [0.29, 0.717) is 13.0 Å². The van der Waals surface area contributed by atoms with E-state index in [1.165, 1.54) is 0 Å². The minimum Gasteiger partial charge on any atom is -0.394 e. The molecule has 6 heteroatoms. The fourth-order valence-electron chi connectivity index (χ4n) is 2.24. The molecule has 0 spiro atoms. The van der Waals surface area contributed by atoms with Gasteiger partial charge in [-0.05, 0) is 12.8 Å². The molecule has 0 aliphatic carbocycles. The van der Waals surface area contributed by atoms with Crippen LogP contribution in [0.1, 0.15) is 31.9 Å². The molecule has 18 heavy (non-hydrogen) atoms. The van der Waals surface area contributed by atoms with Gasteiger partial charge in [0.1, 0.15) is 5.82 Å². The van der Waals surface area contributed by atoms with Crippen molar-refractivity contribution in [2.75, 3.05) is 17.6 Å². The van der Waals surface area contributed by atoms with Gasteiger partial charge in [0.25, 0.3) is 0 Å². The van der Waals surface area contributed by atoms with Gasteiger partial charge >= 0.3 is 0 Å². The zero-order chi connectivity index (χ0) is 13.1. The zero-order valence-electron chi connectivity index (χ0n) is 11.0. The standard InChI is InChI=1S/C12H21N5O/c1-3-4-9-11(13)12(17(2)16-9)15-8-5-6-10(18)14-7-8/h8,15H,3-7,13H2,1-2H3,(H,14,18). The molecule has 6 nitrogen and oxygen atoms in total. The van der Waals surface area contributed by atoms with Crippen molar-refractivity contribution in [2.24, 2.45) is 7.05 Å². The molecule has 1 unspecified atom stereocenters. The van der Waals surface area contributed by atoms with Crippen LogP contribution in [0.3, 0.4) is 0 Å². The third kappa shape index (κ3) is 2.57. The molecule has 0 saturated carbocycles. The molecule has 0 aromatic carbocycles. The summed E-state index contributed by atoms with van der Waals surface area (Å²) in [5.41, 5.74) is 7.78. The quantitative estimate of drug-likeness (QED) is 0.733. The van der Waals surface area contributed by atoms with E-state index >= 15 is 0 Å². The molecule has 2 rings (SSSR count). The average Bonchev–Trinajstić information content (AvgIpc) is 2.60. The minimum absolute atomic E-state index is 0.123. The Labute approximate surface area is 107 Å². The molecule has 0 bridgehead atoms. The van der Waals surface area contributed by atoms with Crippen LogP contribution >= 0.6 is 0 Å². The monoisotopic (exact) mass is 251 g/mol. The van der Waals surface area contributed by atoms with Gasteiger partial charge in [-0.25, -0.2) is 0 Å². The van der Waals surface area contributed by atoms with Crippen LogP contribution < -0.4 is 16.4 Å². The molecule has 1 atom stereocenters. The highest BCUT2D eigenvalue weighted by Gasteiger charge is 2.21. The number of hydrogen-bond acceptors (Lipinski definition) is 4. The number of nitrogens with two attached hydrogens (primary N) is 1. The molecule has 0 radical (unpaired) electrons. The number of amides is 1. The van der Waals surface area contributed by atoms with Gasteiger partial charge in [-0.3, -0.25) is 9.48 Å². The van der Waals surface area contributed by atoms with Crippen LogP contribution in [0.2, 0.25) is 0 Å². The molecule has 1 fully saturated rings. The van der Waals surface area contributed by atoms with Gasteiger partial charge in [0.2, 0.25) is 5.91 Å². The van der Waals surface area contributed by atoms with Gasteiger partial charge in [0.15, 0.2) is 0 Å². The first-order valence-electron chi connectivity index (χ1n) is 6.46. The Balaban J connectivity index is 2.06. The van der Waals surface area contributed by atoms with Crippen molar-refractivity contribution in [1.29, 1.82) is 0 Å². The van der Waals surface area contributed by atoms with E-state index in [2.05, 4.69) is 22.7 Å². The molecular weight excluding hydrogens is 230 g/mol. The van der Waals surface area contributed by atoms with E-state index in [9.17, 15) is 4.79 Å². The van der Waals surface area contributed by atoms with Crippen LogP contribution in [-0.4, -0.2) is 28.3 Å². The molecule has 1 aromatic heterocycles. The molecule has 1 saturated heterocycles. The predicted molar refractivity (Wildman–Crippen MR) is 71.3 cm³/mol. The minimum atomic E-state index is 0.123. The smallest absolute Gasteiger partial charge is 0.220 e. The van der Waals surface area contributed by atoms with Crippen LogP contribution in [0.4, 0.5) is 11.5 Å². The lowest BCUT2D eigenvalue weighted by atomic mass is 10.1. The fraction of sp³-hybridized carbons (Fsp3) is 0.667. The van der Waals surface area contributed by atoms with Gasteiger partial charge < -0.3 is 16.4 Å². The molecule has 4 N–H and O–H groups in total. The number of carbonyl (C=O) groups excluding carboxylic acids is 1. The van der Waals surface area contributed by atoms with Gasteiger partial charge in [-0.1, -0.05) is 13.3 Å². The molecule has 1 aliphatic rings. The Bertz CT molecular complexity index is 430. The Morgan fingerprint density at radius 2 is 2.39 bits per heavy atom. The molecule has 100 valence electrons. The number of anilines is 2. The van der Waals surface area contributed by atoms with Gasteiger partial charge in [0.05, 0.1) is 11.4 Å². The topological polar surface area (TPSA) is 85.0 Å². The van der Waals surface area contributed by atoms with Crippen molar-refractivity contribution in [1.82, 2.24) is 15.1 Å². The summed E-state index contributed by atoms with van der Waals surface area (Å²) in [5.74, 6) is 0.984. The number of aryl methyl sites for hydroxylation is 2. The second kappa shape index (κ2) is 5.29. The lowest BCUT2D eigenvalue weighted by Gasteiger charge is -2.24. The molecule has 1 amide bonds. The highest BCUT2D eigenvalue weighted by molar-refractivity contribution is 5.77. The largest absolute Gasteiger partial charge is 0.394 e. The lowest BCUT2D eigenvalue weighted by molar-refractivity contribution is -0.122. The second-order valence-corrected chi connectivity index (χ2v) is 4.77. The van der Waals surface area contributed by atoms with Crippen molar-refractivity contribution in [2.45, 2.75) is 38.6 Å². The van der Waals surface area contributed by atoms with Crippen LogP contribution in [0, 0.1) is 0 Å². The third-order valence-electron chi connectivity index (χ3n) is 3.25. The Morgan fingerprint density at radius 3 is 3.00 bits per heavy atom. The van der Waals surface area contributed by atoms with E-state index in [4.69, 9.17) is 5.73 Å². The number of hydrogen-bond donors (Lipinski definition) is 3. The summed E-state index contributed by atoms with van der Waals surface area (Å²) < 4.78 is 1.79. The molecule has 2 heterocycles. The van der Waals surface area contributed by atoms with Crippen LogP contribution in [0.15, 0.2) is 0 Å². The van der Waals surface area contributed by atoms with Crippen molar-refractivity contribution in [3.8, 4) is 0 Å². The number of nitrogens with one attached hydrogen (secondary N) is 2. The highest BCUT2D eigenvalue weighted by Crippen LogP contribution is 2.24. The predicted octanol–water partition coefficient (Wildman–Crippen LogP) is 0.645. The number of aromatic nitrogens is 2. The van der Waals surface area contributed by atoms with Gasteiger partial charge in [-0.15, -0.1) is 0 Å². The van der Waals surface area contributed by atoms with E-state index in [1.807, 2.05) is 7.05 Å². The van der Waals surface area contributed by atoms with Crippen molar-refractivity contribution >= 4 is 17.4 Å². The van der Waals surface area contributed by atoms with Crippen molar-refractivity contribution in [3.63, 3.8) is 0 Å². The van der Waals surface area contributed by atoms with Crippen molar-refractivity contribution < 1.29 is 4.79 Å². The van der Waals surface area contributed by atoms with E-state index < -0.39 is 0 Å². The zero-order valence-corrected chi connectivity index (χ0v) is 11.0. The van der Waals surface area contributed by atoms with Gasteiger partial charge in [0, 0.05) is 26.1 Å². The van der Waals surface area contributed by atoms with Crippen LogP contribution in [-0.2, 0) is 18.3 Å². The van der Waals surface area contributed by atoms with Crippen molar-refractivity contribution in [3.05, 3.63) is 5.69 Å². The lowest BCUT2D eigenvalue weighted by Crippen LogP contribution is -2.42. The SMILES string of the molecule is CCCc1nn(C)c(NC2CCC(=O)NC2)c1N. The Morgan fingerprint density at radius 1 is 1.61 bits per heavy atom. The fourth-order valence-corrected chi connectivity index (χ4v) is 2.24. The first-order valence-corrected chi connectivity index (χ1v) is 6.46. The first kappa shape index (κ1) is 12.7. The number of piperidine rings is 1. The number of carbonyl (C=O) groups is 1. The van der Waals surface area contributed by atoms with Gasteiger partial charge in [-0.2, -0.15) is 5.10 Å². The summed E-state index contributed by atoms with van der Waals surface area (Å²) in [7, 11) is 1.89. The highest BCUT2D eigenvalue weighted by atomic mass is 16.1. The maximum atomic E-state index is 11.1. The maximum Gasteiger partial charge on any atom is 0.220 e. The second-order valence-electron chi connectivity index (χ2n) is 4.77.